The van der Waals surface area contributed by atoms with Crippen LogP contribution in [0.4, 0.5) is 18.9 Å². The first-order chi connectivity index (χ1) is 14.3. The third-order valence-corrected chi connectivity index (χ3v) is 4.95. The highest BCUT2D eigenvalue weighted by atomic mass is 32.2. The van der Waals surface area contributed by atoms with Crippen LogP contribution >= 0.6 is 11.8 Å². The normalized spacial score (nSPS) is 11.3. The van der Waals surface area contributed by atoms with Gasteiger partial charge in [0.1, 0.15) is 5.75 Å². The highest BCUT2D eigenvalue weighted by Crippen LogP contribution is 2.31. The Morgan fingerprint density at radius 1 is 1.27 bits per heavy atom. The number of halogens is 3. The molecule has 11 heteroatoms. The van der Waals surface area contributed by atoms with E-state index in [4.69, 9.17) is 9.26 Å². The second kappa shape index (κ2) is 9.08. The van der Waals surface area contributed by atoms with Gasteiger partial charge in [-0.15, -0.1) is 0 Å². The minimum Gasteiger partial charge on any atom is -0.538 e. The molecule has 0 saturated carbocycles. The summed E-state index contributed by atoms with van der Waals surface area (Å²) in [5, 5.41) is 18.2. The molecular weight excluding hydrogens is 423 g/mol. The van der Waals surface area contributed by atoms with Crippen LogP contribution in [0.5, 0.6) is 11.7 Å². The van der Waals surface area contributed by atoms with E-state index in [9.17, 15) is 23.1 Å². The molecule has 0 bridgehead atoms. The molecule has 158 valence electrons. The van der Waals surface area contributed by atoms with Gasteiger partial charge in [-0.3, -0.25) is 4.79 Å². The van der Waals surface area contributed by atoms with E-state index >= 15 is 0 Å². The third kappa shape index (κ3) is 5.23. The minimum atomic E-state index is -4.50. The van der Waals surface area contributed by atoms with E-state index in [1.54, 1.807) is 24.3 Å². The van der Waals surface area contributed by atoms with Gasteiger partial charge in [0.15, 0.2) is 5.95 Å². The van der Waals surface area contributed by atoms with Crippen LogP contribution in [-0.4, -0.2) is 24.0 Å². The van der Waals surface area contributed by atoms with Crippen LogP contribution < -0.4 is 19.8 Å². The van der Waals surface area contributed by atoms with Crippen LogP contribution in [0.15, 0.2) is 58.1 Å². The lowest BCUT2D eigenvalue weighted by molar-refractivity contribution is -0.705. The number of nitrogens with zero attached hydrogens (tertiary/aromatic N) is 2. The van der Waals surface area contributed by atoms with Gasteiger partial charge in [-0.1, -0.05) is 17.8 Å². The van der Waals surface area contributed by atoms with Crippen molar-refractivity contribution in [2.75, 3.05) is 18.2 Å². The fourth-order valence-electron chi connectivity index (χ4n) is 2.49. The first kappa shape index (κ1) is 21.5. The number of amides is 1. The summed E-state index contributed by atoms with van der Waals surface area (Å²) in [7, 11) is 1.53. The van der Waals surface area contributed by atoms with E-state index in [2.05, 4.69) is 10.6 Å². The zero-order valence-electron chi connectivity index (χ0n) is 15.6. The summed E-state index contributed by atoms with van der Waals surface area (Å²) in [6.07, 6.45) is -4.53. The number of aromatic nitrogens is 2. The van der Waals surface area contributed by atoms with Crippen molar-refractivity contribution in [1.29, 1.82) is 0 Å². The first-order valence-corrected chi connectivity index (χ1v) is 9.60. The third-order valence-electron chi connectivity index (χ3n) is 3.93. The van der Waals surface area contributed by atoms with Crippen LogP contribution in [0.3, 0.4) is 0 Å². The van der Waals surface area contributed by atoms with Crippen molar-refractivity contribution in [2.45, 2.75) is 17.6 Å². The first-order valence-electron chi connectivity index (χ1n) is 8.61. The summed E-state index contributed by atoms with van der Waals surface area (Å²) in [5.41, 5.74) is -0.240. The zero-order chi connectivity index (χ0) is 21.7. The maximum atomic E-state index is 12.8. The lowest BCUT2D eigenvalue weighted by Crippen LogP contribution is -2.34. The number of nitrogens with one attached hydrogen (secondary N) is 1. The highest BCUT2D eigenvalue weighted by Gasteiger charge is 2.30. The molecule has 1 amide bonds. The number of methoxy groups -OCH3 is 1. The van der Waals surface area contributed by atoms with E-state index in [0.29, 0.717) is 11.4 Å². The van der Waals surface area contributed by atoms with Crippen molar-refractivity contribution in [1.82, 2.24) is 5.27 Å². The van der Waals surface area contributed by atoms with E-state index in [1.165, 1.54) is 23.9 Å². The van der Waals surface area contributed by atoms with Gasteiger partial charge in [-0.05, 0) is 35.0 Å². The molecule has 1 N–H and O–H groups in total. The molecule has 7 nitrogen and oxygen atoms in total. The minimum absolute atomic E-state index is 0.0336. The molecule has 0 aliphatic carbocycles. The summed E-state index contributed by atoms with van der Waals surface area (Å²) >= 11 is 1.05. The van der Waals surface area contributed by atoms with Crippen molar-refractivity contribution >= 4 is 23.4 Å². The Bertz CT molecular complexity index is 1020. The average Bonchev–Trinajstić information content (AvgIpc) is 3.08. The smallest absolute Gasteiger partial charge is 0.416 e. The fraction of sp³-hybridized carbons (Fsp3) is 0.211. The van der Waals surface area contributed by atoms with Gasteiger partial charge in [0.2, 0.25) is 11.6 Å². The Labute approximate surface area is 173 Å². The summed E-state index contributed by atoms with van der Waals surface area (Å²) < 4.78 is 49.3. The second-order valence-electron chi connectivity index (χ2n) is 6.00. The molecule has 30 heavy (non-hydrogen) atoms. The van der Waals surface area contributed by atoms with Crippen molar-refractivity contribution < 1.29 is 37.0 Å². The predicted molar refractivity (Wildman–Crippen MR) is 99.4 cm³/mol. The number of carbonyl (C=O) groups is 1. The molecule has 0 aliphatic rings. The van der Waals surface area contributed by atoms with Crippen LogP contribution in [-0.2, 0) is 11.0 Å². The van der Waals surface area contributed by atoms with Crippen LogP contribution in [0.25, 0.3) is 5.69 Å². The Balaban J connectivity index is 1.60. The summed E-state index contributed by atoms with van der Waals surface area (Å²) in [5.74, 6) is -0.321. The predicted octanol–water partition coefficient (Wildman–Crippen LogP) is 3.17. The van der Waals surface area contributed by atoms with E-state index in [0.717, 1.165) is 23.9 Å². The Morgan fingerprint density at radius 2 is 2.00 bits per heavy atom. The maximum Gasteiger partial charge on any atom is 0.416 e. The standard InChI is InChI=1S/C19H16F3N3O4S/c1-28-15-7-5-14(6-8-15)25-17(18(27)29-24-25)30-10-9-16(26)23-13-4-2-3-12(11-13)19(20,21)22/h2-8,11H,9-10H2,1H3,(H-,23,24,26,27). The number of ether oxygens (including phenoxy) is 1. The molecule has 0 fully saturated rings. The maximum absolute atomic E-state index is 12.8. The average molecular weight is 439 g/mol. The molecule has 0 spiro atoms. The second-order valence-corrected chi connectivity index (χ2v) is 7.08. The topological polar surface area (TPSA) is 91.3 Å². The Kier molecular flexibility index (Phi) is 6.50. The number of anilines is 1. The van der Waals surface area contributed by atoms with E-state index in [-0.39, 0.29) is 22.9 Å². The molecule has 3 aromatic rings. The van der Waals surface area contributed by atoms with Crippen molar-refractivity contribution in [2.24, 2.45) is 0 Å². The monoisotopic (exact) mass is 439 g/mol. The zero-order valence-corrected chi connectivity index (χ0v) is 16.4. The van der Waals surface area contributed by atoms with Gasteiger partial charge in [0.25, 0.3) is 5.03 Å². The molecular formula is C19H16F3N3O4S. The summed E-state index contributed by atoms with van der Waals surface area (Å²) in [6, 6.07) is 11.1. The van der Waals surface area contributed by atoms with Gasteiger partial charge in [-0.25, -0.2) is 0 Å². The van der Waals surface area contributed by atoms with Gasteiger partial charge in [0, 0.05) is 30.0 Å². The number of carbonyl (C=O) groups excluding carboxylic acids is 1. The molecule has 3 rings (SSSR count). The van der Waals surface area contributed by atoms with Crippen molar-refractivity contribution in [3.8, 4) is 17.4 Å². The number of rotatable bonds is 7. The highest BCUT2D eigenvalue weighted by molar-refractivity contribution is 7.99. The number of benzene rings is 2. The number of alkyl halides is 3. The van der Waals surface area contributed by atoms with Crippen LogP contribution in [0, 0.1) is 0 Å². The molecule has 0 atom stereocenters. The number of thioether (sulfide) groups is 1. The van der Waals surface area contributed by atoms with Crippen LogP contribution in [0.1, 0.15) is 12.0 Å². The summed E-state index contributed by atoms with van der Waals surface area (Å²) in [6.45, 7) is 0. The van der Waals surface area contributed by atoms with Crippen LogP contribution in [0.2, 0.25) is 0 Å². The Hall–Kier alpha value is -3.21. The van der Waals surface area contributed by atoms with Gasteiger partial charge in [-0.2, -0.15) is 13.2 Å². The van der Waals surface area contributed by atoms with E-state index in [1.807, 2.05) is 0 Å². The van der Waals surface area contributed by atoms with E-state index < -0.39 is 23.6 Å². The number of hydrogen-bond acceptors (Lipinski definition) is 6. The van der Waals surface area contributed by atoms with Crippen molar-refractivity contribution in [3.05, 3.63) is 54.1 Å². The summed E-state index contributed by atoms with van der Waals surface area (Å²) in [4.78, 5) is 12.1. The lowest BCUT2D eigenvalue weighted by atomic mass is 10.2. The Morgan fingerprint density at radius 3 is 2.67 bits per heavy atom. The SMILES string of the molecule is COc1ccc(-[n+]2noc([O-])c2SCCC(=O)Nc2cccc(C(F)(F)F)c2)cc1. The molecule has 2 aromatic carbocycles. The van der Waals surface area contributed by atoms with Gasteiger partial charge in [0.05, 0.1) is 17.9 Å². The van der Waals surface area contributed by atoms with Crippen molar-refractivity contribution in [3.63, 3.8) is 0 Å². The molecule has 0 radical (unpaired) electrons. The van der Waals surface area contributed by atoms with Gasteiger partial charge >= 0.3 is 6.18 Å². The number of hydrogen-bond donors (Lipinski definition) is 1. The van der Waals surface area contributed by atoms with Gasteiger partial charge < -0.3 is 19.7 Å². The molecule has 0 unspecified atom stereocenters. The lowest BCUT2D eigenvalue weighted by Gasteiger charge is -2.09. The molecule has 0 saturated heterocycles. The largest absolute Gasteiger partial charge is 0.538 e. The molecule has 0 aliphatic heterocycles. The fourth-order valence-corrected chi connectivity index (χ4v) is 3.38. The molecule has 1 aromatic heterocycles. The molecule has 1 heterocycles. The quantitative estimate of drug-likeness (QED) is 0.449.